The van der Waals surface area contributed by atoms with Crippen molar-refractivity contribution < 1.29 is 9.53 Å². The number of nitrogens with one attached hydrogen (secondary N) is 1. The van der Waals surface area contributed by atoms with Gasteiger partial charge in [-0.1, -0.05) is 24.3 Å². The molecule has 4 heteroatoms. The van der Waals surface area contributed by atoms with Gasteiger partial charge < -0.3 is 10.1 Å². The van der Waals surface area contributed by atoms with Crippen molar-refractivity contribution in [1.82, 2.24) is 4.90 Å². The molecule has 1 saturated carbocycles. The summed E-state index contributed by atoms with van der Waals surface area (Å²) in [7, 11) is 1.52. The summed E-state index contributed by atoms with van der Waals surface area (Å²) in [5.41, 5.74) is 3.41. The Labute approximate surface area is 148 Å². The van der Waals surface area contributed by atoms with Gasteiger partial charge in [0.15, 0.2) is 0 Å². The standard InChI is InChI=1S/C21H24N2O2/c1-25-19(24)15-11-20-8-4-9-23-10-7-14(18(20)23)17-13-5-2-3-6-16(13)22-21(15,17)12-20/h2-3,5-6,11,14,17-18,22H,4,7-10,12H2,1H3. The molecule has 6 rings (SSSR count). The summed E-state index contributed by atoms with van der Waals surface area (Å²) < 4.78 is 5.24. The van der Waals surface area contributed by atoms with E-state index in [-0.39, 0.29) is 16.9 Å². The van der Waals surface area contributed by atoms with Crippen LogP contribution in [-0.4, -0.2) is 42.6 Å². The molecule has 4 nitrogen and oxygen atoms in total. The molecule has 130 valence electrons. The van der Waals surface area contributed by atoms with Gasteiger partial charge in [0.25, 0.3) is 0 Å². The summed E-state index contributed by atoms with van der Waals surface area (Å²) in [4.78, 5) is 15.5. The second-order valence-electron chi connectivity index (χ2n) is 8.66. The highest BCUT2D eigenvalue weighted by molar-refractivity contribution is 5.95. The Hall–Kier alpha value is -1.81. The third kappa shape index (κ3) is 1.52. The number of carbonyl (C=O) groups excluding carboxylic acids is 1. The van der Waals surface area contributed by atoms with Crippen molar-refractivity contribution in [3.8, 4) is 0 Å². The SMILES string of the molecule is COC(=O)C1=CC23CCCN4CCC(C42)C2c4ccccc4NC12C3. The molecule has 1 N–H and O–H groups in total. The molecule has 5 atom stereocenters. The minimum atomic E-state index is -0.259. The molecule has 2 saturated heterocycles. The number of ether oxygens (including phenoxy) is 1. The maximum Gasteiger partial charge on any atom is 0.335 e. The van der Waals surface area contributed by atoms with E-state index in [1.165, 1.54) is 50.7 Å². The third-order valence-electron chi connectivity index (χ3n) is 7.76. The van der Waals surface area contributed by atoms with Crippen molar-refractivity contribution >= 4 is 11.7 Å². The Balaban J connectivity index is 1.61. The fourth-order valence-corrected chi connectivity index (χ4v) is 7.27. The van der Waals surface area contributed by atoms with Gasteiger partial charge in [-0.2, -0.15) is 0 Å². The Morgan fingerprint density at radius 2 is 2.20 bits per heavy atom. The number of hydrogen-bond donors (Lipinski definition) is 1. The zero-order valence-corrected chi connectivity index (χ0v) is 14.6. The van der Waals surface area contributed by atoms with Crippen LogP contribution in [0.2, 0.25) is 0 Å². The number of methoxy groups -OCH3 is 1. The first-order valence-electron chi connectivity index (χ1n) is 9.61. The Morgan fingerprint density at radius 3 is 3.08 bits per heavy atom. The van der Waals surface area contributed by atoms with Crippen LogP contribution >= 0.6 is 0 Å². The van der Waals surface area contributed by atoms with E-state index < -0.39 is 0 Å². The summed E-state index contributed by atoms with van der Waals surface area (Å²) >= 11 is 0. The highest BCUT2D eigenvalue weighted by atomic mass is 16.5. The van der Waals surface area contributed by atoms with Gasteiger partial charge in [0.2, 0.25) is 0 Å². The molecule has 3 fully saturated rings. The van der Waals surface area contributed by atoms with Crippen LogP contribution < -0.4 is 5.32 Å². The first-order chi connectivity index (χ1) is 12.2. The number of hydrogen-bond acceptors (Lipinski definition) is 4. The quantitative estimate of drug-likeness (QED) is 0.801. The van der Waals surface area contributed by atoms with Crippen LogP contribution in [0.5, 0.6) is 0 Å². The predicted octanol–water partition coefficient (Wildman–Crippen LogP) is 2.92. The highest BCUT2D eigenvalue weighted by Gasteiger charge is 2.70. The largest absolute Gasteiger partial charge is 0.466 e. The first kappa shape index (κ1) is 14.4. The van der Waals surface area contributed by atoms with Gasteiger partial charge in [-0.15, -0.1) is 0 Å². The van der Waals surface area contributed by atoms with Crippen LogP contribution in [0, 0.1) is 11.3 Å². The molecular formula is C21H24N2O2. The summed E-state index contributed by atoms with van der Waals surface area (Å²) in [5, 5.41) is 3.83. The average molecular weight is 336 g/mol. The van der Waals surface area contributed by atoms with Gasteiger partial charge in [0.1, 0.15) is 0 Å². The van der Waals surface area contributed by atoms with Crippen molar-refractivity contribution in [2.75, 3.05) is 25.5 Å². The molecule has 2 bridgehead atoms. The number of benzene rings is 1. The summed E-state index contributed by atoms with van der Waals surface area (Å²) in [5.74, 6) is 0.876. The molecule has 2 spiro atoms. The monoisotopic (exact) mass is 336 g/mol. The number of para-hydroxylation sites is 1. The molecule has 5 unspecified atom stereocenters. The van der Waals surface area contributed by atoms with Crippen molar-refractivity contribution in [3.05, 3.63) is 41.5 Å². The topological polar surface area (TPSA) is 41.6 Å². The fourth-order valence-electron chi connectivity index (χ4n) is 7.27. The van der Waals surface area contributed by atoms with Crippen LogP contribution in [0.25, 0.3) is 0 Å². The van der Waals surface area contributed by atoms with Crippen molar-refractivity contribution in [2.24, 2.45) is 11.3 Å². The van der Waals surface area contributed by atoms with E-state index in [4.69, 9.17) is 4.74 Å². The molecule has 3 aliphatic heterocycles. The molecule has 1 aromatic rings. The molecule has 3 heterocycles. The average Bonchev–Trinajstić information content (AvgIpc) is 3.26. The predicted molar refractivity (Wildman–Crippen MR) is 95.4 cm³/mol. The summed E-state index contributed by atoms with van der Waals surface area (Å²) in [6, 6.07) is 9.28. The minimum Gasteiger partial charge on any atom is -0.466 e. The summed E-state index contributed by atoms with van der Waals surface area (Å²) in [6.45, 7) is 2.44. The smallest absolute Gasteiger partial charge is 0.335 e. The van der Waals surface area contributed by atoms with Crippen molar-refractivity contribution in [2.45, 2.75) is 43.2 Å². The third-order valence-corrected chi connectivity index (χ3v) is 7.76. The molecule has 2 aliphatic carbocycles. The number of nitrogens with zero attached hydrogens (tertiary/aromatic N) is 1. The van der Waals surface area contributed by atoms with E-state index in [1.54, 1.807) is 0 Å². The number of anilines is 1. The molecule has 0 aromatic heterocycles. The van der Waals surface area contributed by atoms with Gasteiger partial charge in [0, 0.05) is 23.1 Å². The number of fused-ring (bicyclic) bond motifs is 3. The van der Waals surface area contributed by atoms with Gasteiger partial charge >= 0.3 is 5.97 Å². The van der Waals surface area contributed by atoms with Gasteiger partial charge in [-0.05, 0) is 56.3 Å². The second kappa shape index (κ2) is 4.47. The molecule has 0 radical (unpaired) electrons. The highest BCUT2D eigenvalue weighted by Crippen LogP contribution is 2.69. The Bertz CT molecular complexity index is 818. The summed E-state index contributed by atoms with van der Waals surface area (Å²) in [6.07, 6.45) is 7.07. The number of piperidine rings is 1. The fraction of sp³-hybridized carbons (Fsp3) is 0.571. The maximum atomic E-state index is 12.8. The van der Waals surface area contributed by atoms with Crippen LogP contribution in [0.1, 0.15) is 37.2 Å². The van der Waals surface area contributed by atoms with E-state index in [1.807, 2.05) is 0 Å². The molecule has 5 aliphatic rings. The van der Waals surface area contributed by atoms with E-state index >= 15 is 0 Å². The number of carbonyl (C=O) groups is 1. The zero-order valence-electron chi connectivity index (χ0n) is 14.6. The molecule has 25 heavy (non-hydrogen) atoms. The van der Waals surface area contributed by atoms with E-state index in [9.17, 15) is 4.79 Å². The van der Waals surface area contributed by atoms with Gasteiger partial charge in [-0.25, -0.2) is 4.79 Å². The lowest BCUT2D eigenvalue weighted by atomic mass is 9.56. The number of rotatable bonds is 1. The van der Waals surface area contributed by atoms with Crippen LogP contribution in [0.3, 0.4) is 0 Å². The molecule has 0 amide bonds. The van der Waals surface area contributed by atoms with Gasteiger partial charge in [0.05, 0.1) is 18.2 Å². The Morgan fingerprint density at radius 1 is 1.32 bits per heavy atom. The first-order valence-corrected chi connectivity index (χ1v) is 9.61. The van der Waals surface area contributed by atoms with Crippen LogP contribution in [0.15, 0.2) is 35.9 Å². The minimum absolute atomic E-state index is 0.140. The normalized spacial score (nSPS) is 42.9. The van der Waals surface area contributed by atoms with Crippen LogP contribution in [-0.2, 0) is 9.53 Å². The lowest BCUT2D eigenvalue weighted by molar-refractivity contribution is -0.136. The molecule has 1 aromatic carbocycles. The van der Waals surface area contributed by atoms with Crippen LogP contribution in [0.4, 0.5) is 5.69 Å². The van der Waals surface area contributed by atoms with E-state index in [0.29, 0.717) is 17.9 Å². The van der Waals surface area contributed by atoms with Crippen molar-refractivity contribution in [3.63, 3.8) is 0 Å². The van der Waals surface area contributed by atoms with Crippen molar-refractivity contribution in [1.29, 1.82) is 0 Å². The van der Waals surface area contributed by atoms with E-state index in [2.05, 4.69) is 40.6 Å². The van der Waals surface area contributed by atoms with Gasteiger partial charge in [-0.3, -0.25) is 4.90 Å². The lowest BCUT2D eigenvalue weighted by Gasteiger charge is -2.54. The van der Waals surface area contributed by atoms with E-state index in [0.717, 1.165) is 12.0 Å². The number of esters is 1. The molecular weight excluding hydrogens is 312 g/mol. The Kier molecular flexibility index (Phi) is 2.57. The maximum absolute atomic E-state index is 12.8. The lowest BCUT2D eigenvalue weighted by Crippen LogP contribution is -2.59. The zero-order chi connectivity index (χ0) is 16.8. The second-order valence-corrected chi connectivity index (χ2v) is 8.66.